The molecule has 166 valence electrons. The number of rotatable bonds is 6. The van der Waals surface area contributed by atoms with Gasteiger partial charge in [-0.15, -0.1) is 0 Å². The number of aliphatic hydroxyl groups is 1. The highest BCUT2D eigenvalue weighted by Gasteiger charge is 2.36. The summed E-state index contributed by atoms with van der Waals surface area (Å²) >= 11 is 0. The number of carbonyl (C=O) groups is 2. The van der Waals surface area contributed by atoms with E-state index in [1.165, 1.54) is 0 Å². The first-order valence-electron chi connectivity index (χ1n) is 10.0. The van der Waals surface area contributed by atoms with E-state index in [2.05, 4.69) is 9.98 Å². The van der Waals surface area contributed by atoms with Gasteiger partial charge in [-0.25, -0.2) is 4.99 Å². The third-order valence-electron chi connectivity index (χ3n) is 5.20. The standard InChI is InChI=1S/C22H24N6O4/c1-22(2)26-20(23)25-21(24)28(22)13-7-9-15(10-8-13)32-12-14(29)11-27-18(30)16-5-3-4-6-17(16)19(27)31/h3-10,14,29H,11-12H2,1-2H3,(H4,23,24,25,26). The molecule has 0 saturated heterocycles. The molecule has 2 amide bonds. The smallest absolute Gasteiger partial charge is 0.261 e. The van der Waals surface area contributed by atoms with Crippen LogP contribution in [0.1, 0.15) is 34.6 Å². The van der Waals surface area contributed by atoms with Gasteiger partial charge in [-0.2, -0.15) is 4.99 Å². The van der Waals surface area contributed by atoms with Crippen molar-refractivity contribution < 1.29 is 19.4 Å². The molecule has 2 aromatic rings. The van der Waals surface area contributed by atoms with Crippen molar-refractivity contribution in [2.24, 2.45) is 21.5 Å². The van der Waals surface area contributed by atoms with Crippen LogP contribution in [0.4, 0.5) is 5.69 Å². The van der Waals surface area contributed by atoms with Gasteiger partial charge >= 0.3 is 0 Å². The molecular weight excluding hydrogens is 412 g/mol. The van der Waals surface area contributed by atoms with Crippen LogP contribution in [-0.4, -0.2) is 58.7 Å². The Bertz CT molecular complexity index is 1090. The van der Waals surface area contributed by atoms with E-state index in [4.69, 9.17) is 16.2 Å². The second-order valence-corrected chi connectivity index (χ2v) is 8.00. The largest absolute Gasteiger partial charge is 0.491 e. The molecule has 0 bridgehead atoms. The zero-order valence-corrected chi connectivity index (χ0v) is 17.7. The lowest BCUT2D eigenvalue weighted by molar-refractivity contribution is 0.0457. The average molecular weight is 436 g/mol. The van der Waals surface area contributed by atoms with Crippen LogP contribution in [0.25, 0.3) is 0 Å². The molecule has 1 atom stereocenters. The second-order valence-electron chi connectivity index (χ2n) is 8.00. The molecule has 2 heterocycles. The highest BCUT2D eigenvalue weighted by atomic mass is 16.5. The van der Waals surface area contributed by atoms with Crippen molar-refractivity contribution in [1.82, 2.24) is 4.90 Å². The molecular formula is C22H24N6O4. The zero-order valence-electron chi connectivity index (χ0n) is 17.7. The normalized spacial score (nSPS) is 18.2. The Kier molecular flexibility index (Phi) is 5.31. The lowest BCUT2D eigenvalue weighted by Crippen LogP contribution is -2.54. The fourth-order valence-electron chi connectivity index (χ4n) is 3.80. The summed E-state index contributed by atoms with van der Waals surface area (Å²) in [6, 6.07) is 13.6. The molecule has 32 heavy (non-hydrogen) atoms. The average Bonchev–Trinajstić information content (AvgIpc) is 2.97. The topological polar surface area (TPSA) is 147 Å². The number of benzene rings is 2. The van der Waals surface area contributed by atoms with E-state index in [0.717, 1.165) is 10.6 Å². The van der Waals surface area contributed by atoms with Crippen LogP contribution in [0.2, 0.25) is 0 Å². The third kappa shape index (κ3) is 3.87. The Morgan fingerprint density at radius 1 is 1.03 bits per heavy atom. The highest BCUT2D eigenvalue weighted by Crippen LogP contribution is 2.29. The van der Waals surface area contributed by atoms with Gasteiger partial charge in [0.05, 0.1) is 17.7 Å². The minimum atomic E-state index is -1.04. The van der Waals surface area contributed by atoms with Crippen LogP contribution in [0.5, 0.6) is 5.75 Å². The Labute approximate surface area is 184 Å². The first-order valence-corrected chi connectivity index (χ1v) is 10.0. The summed E-state index contributed by atoms with van der Waals surface area (Å²) in [6.45, 7) is 3.48. The molecule has 5 N–H and O–H groups in total. The molecule has 0 radical (unpaired) electrons. The quantitative estimate of drug-likeness (QED) is 0.570. The van der Waals surface area contributed by atoms with Crippen molar-refractivity contribution in [3.05, 3.63) is 59.7 Å². The first kappa shape index (κ1) is 21.3. The number of aliphatic imine (C=N–C) groups is 2. The lowest BCUT2D eigenvalue weighted by Gasteiger charge is -2.38. The molecule has 0 fully saturated rings. The summed E-state index contributed by atoms with van der Waals surface area (Å²) < 4.78 is 5.64. The molecule has 2 aromatic carbocycles. The van der Waals surface area contributed by atoms with Crippen molar-refractivity contribution >= 4 is 29.4 Å². The molecule has 10 nitrogen and oxygen atoms in total. The van der Waals surface area contributed by atoms with Gasteiger partial charge in [0.25, 0.3) is 11.8 Å². The van der Waals surface area contributed by atoms with E-state index in [-0.39, 0.29) is 25.1 Å². The number of ether oxygens (including phenoxy) is 1. The number of hydrogen-bond donors (Lipinski definition) is 3. The van der Waals surface area contributed by atoms with Gasteiger partial charge in [-0.05, 0) is 50.2 Å². The fourth-order valence-corrected chi connectivity index (χ4v) is 3.80. The molecule has 0 spiro atoms. The van der Waals surface area contributed by atoms with Crippen molar-refractivity contribution in [2.75, 3.05) is 18.1 Å². The van der Waals surface area contributed by atoms with Gasteiger partial charge in [-0.1, -0.05) is 12.1 Å². The van der Waals surface area contributed by atoms with Crippen LogP contribution in [0, 0.1) is 0 Å². The molecule has 2 aliphatic rings. The number of nitrogens with two attached hydrogens (primary N) is 2. The molecule has 4 rings (SSSR count). The predicted molar refractivity (Wildman–Crippen MR) is 120 cm³/mol. The van der Waals surface area contributed by atoms with Gasteiger partial charge in [-0.3, -0.25) is 19.4 Å². The van der Waals surface area contributed by atoms with Crippen LogP contribution in [-0.2, 0) is 0 Å². The SMILES string of the molecule is CC1(C)N=C(N)N=C(N)N1c1ccc(OCC(O)CN2C(=O)c3ccccc3C2=O)cc1. The summed E-state index contributed by atoms with van der Waals surface area (Å²) in [7, 11) is 0. The van der Waals surface area contributed by atoms with Gasteiger partial charge in [0.2, 0.25) is 11.9 Å². The van der Waals surface area contributed by atoms with Gasteiger partial charge in [0.15, 0.2) is 0 Å². The molecule has 1 unspecified atom stereocenters. The van der Waals surface area contributed by atoms with Crippen LogP contribution < -0.4 is 21.1 Å². The maximum atomic E-state index is 12.4. The van der Waals surface area contributed by atoms with E-state index < -0.39 is 23.6 Å². The van der Waals surface area contributed by atoms with Crippen LogP contribution in [0.15, 0.2) is 58.5 Å². The van der Waals surface area contributed by atoms with Crippen LogP contribution >= 0.6 is 0 Å². The highest BCUT2D eigenvalue weighted by molar-refractivity contribution is 6.21. The van der Waals surface area contributed by atoms with E-state index >= 15 is 0 Å². The van der Waals surface area contributed by atoms with E-state index in [0.29, 0.717) is 16.9 Å². The summed E-state index contributed by atoms with van der Waals surface area (Å²) in [5, 5.41) is 10.3. The Hall–Kier alpha value is -3.92. The van der Waals surface area contributed by atoms with Gasteiger partial charge in [0.1, 0.15) is 24.1 Å². The number of amides is 2. The number of imide groups is 1. The van der Waals surface area contributed by atoms with Crippen molar-refractivity contribution in [1.29, 1.82) is 0 Å². The van der Waals surface area contributed by atoms with Crippen molar-refractivity contribution in [3.63, 3.8) is 0 Å². The summed E-state index contributed by atoms with van der Waals surface area (Å²) in [5.74, 6) is 0.0215. The number of carbonyl (C=O) groups excluding carboxylic acids is 2. The monoisotopic (exact) mass is 436 g/mol. The van der Waals surface area contributed by atoms with E-state index in [9.17, 15) is 14.7 Å². The molecule has 10 heteroatoms. The minimum Gasteiger partial charge on any atom is -0.491 e. The van der Waals surface area contributed by atoms with Crippen molar-refractivity contribution in [2.45, 2.75) is 25.6 Å². The lowest BCUT2D eigenvalue weighted by atomic mass is 10.1. The zero-order chi connectivity index (χ0) is 23.0. The summed E-state index contributed by atoms with van der Waals surface area (Å²) in [5.41, 5.74) is 12.5. The fraction of sp³-hybridized carbons (Fsp3) is 0.273. The molecule has 0 aliphatic carbocycles. The molecule has 0 aromatic heterocycles. The Morgan fingerprint density at radius 2 is 1.62 bits per heavy atom. The first-order chi connectivity index (χ1) is 15.2. The van der Waals surface area contributed by atoms with Crippen LogP contribution in [0.3, 0.4) is 0 Å². The predicted octanol–water partition coefficient (Wildman–Crippen LogP) is 0.908. The number of fused-ring (bicyclic) bond motifs is 1. The number of guanidine groups is 2. The number of nitrogens with zero attached hydrogens (tertiary/aromatic N) is 4. The van der Waals surface area contributed by atoms with Gasteiger partial charge in [0, 0.05) is 5.69 Å². The van der Waals surface area contributed by atoms with E-state index in [1.807, 2.05) is 13.8 Å². The third-order valence-corrected chi connectivity index (χ3v) is 5.20. The molecule has 2 aliphatic heterocycles. The number of β-amino-alcohol motifs (C(OH)–C–C–N with tert-alkyl or cyclic N) is 1. The second kappa shape index (κ2) is 7.97. The Morgan fingerprint density at radius 3 is 2.19 bits per heavy atom. The minimum absolute atomic E-state index is 0.0909. The number of aliphatic hydroxyl groups excluding tert-OH is 1. The van der Waals surface area contributed by atoms with Crippen molar-refractivity contribution in [3.8, 4) is 5.75 Å². The maximum Gasteiger partial charge on any atom is 0.261 e. The summed E-state index contributed by atoms with van der Waals surface area (Å²) in [6.07, 6.45) is -1.04. The Balaban J connectivity index is 1.37. The summed E-state index contributed by atoms with van der Waals surface area (Å²) in [4.78, 5) is 35.9. The number of anilines is 1. The maximum absolute atomic E-state index is 12.4. The number of hydrogen-bond acceptors (Lipinski definition) is 9. The van der Waals surface area contributed by atoms with Gasteiger partial charge < -0.3 is 21.3 Å². The molecule has 0 saturated carbocycles. The van der Waals surface area contributed by atoms with E-state index in [1.54, 1.807) is 53.4 Å².